The van der Waals surface area contributed by atoms with E-state index in [1.165, 1.54) is 0 Å². The van der Waals surface area contributed by atoms with Crippen LogP contribution in [0.3, 0.4) is 0 Å². The third-order valence-corrected chi connectivity index (χ3v) is 2.70. The zero-order chi connectivity index (χ0) is 11.5. The van der Waals surface area contributed by atoms with Gasteiger partial charge in [0, 0.05) is 39.6 Å². The van der Waals surface area contributed by atoms with Crippen LogP contribution < -0.4 is 9.64 Å². The molecule has 0 aliphatic carbocycles. The average Bonchev–Trinajstić information content (AvgIpc) is 2.64. The number of likely N-dealkylation sites (tertiary alicyclic amines) is 1. The van der Waals surface area contributed by atoms with Crippen LogP contribution in [0.15, 0.2) is 12.4 Å². The molecule has 2 rings (SSSR count). The Kier molecular flexibility index (Phi) is 3.24. The van der Waals surface area contributed by atoms with Crippen molar-refractivity contribution in [1.82, 2.24) is 14.9 Å². The number of anilines is 1. The molecule has 1 fully saturated rings. The van der Waals surface area contributed by atoms with Crippen molar-refractivity contribution in [2.24, 2.45) is 0 Å². The van der Waals surface area contributed by atoms with Crippen LogP contribution in [-0.4, -0.2) is 55.2 Å². The summed E-state index contributed by atoms with van der Waals surface area (Å²) < 4.78 is 5.88. The van der Waals surface area contributed by atoms with Crippen LogP contribution in [0.25, 0.3) is 0 Å². The second kappa shape index (κ2) is 4.65. The third-order valence-electron chi connectivity index (χ3n) is 2.70. The lowest BCUT2D eigenvalue weighted by molar-refractivity contribution is 0.200. The van der Waals surface area contributed by atoms with Gasteiger partial charge >= 0.3 is 0 Å². The van der Waals surface area contributed by atoms with Crippen molar-refractivity contribution in [3.05, 3.63) is 12.4 Å². The number of rotatable bonds is 3. The summed E-state index contributed by atoms with van der Waals surface area (Å²) >= 11 is 0. The quantitative estimate of drug-likeness (QED) is 0.750. The van der Waals surface area contributed by atoms with Gasteiger partial charge in [-0.2, -0.15) is 0 Å². The molecule has 1 saturated heterocycles. The average molecular weight is 222 g/mol. The summed E-state index contributed by atoms with van der Waals surface area (Å²) in [6, 6.07) is 0. The van der Waals surface area contributed by atoms with Gasteiger partial charge in [0.05, 0.1) is 0 Å². The highest BCUT2D eigenvalue weighted by Gasteiger charge is 2.23. The fraction of sp³-hybridized carbons (Fsp3) is 0.636. The topological polar surface area (TPSA) is 41.5 Å². The molecular formula is C11H18N4O. The van der Waals surface area contributed by atoms with E-state index >= 15 is 0 Å². The highest BCUT2D eigenvalue weighted by Crippen LogP contribution is 2.23. The van der Waals surface area contributed by atoms with E-state index < -0.39 is 0 Å². The molecule has 5 heteroatoms. The molecule has 88 valence electrons. The molecule has 2 heterocycles. The second-order valence-electron chi connectivity index (χ2n) is 4.37. The lowest BCUT2D eigenvalue weighted by Crippen LogP contribution is -2.23. The number of aromatic nitrogens is 2. The summed E-state index contributed by atoms with van der Waals surface area (Å²) in [6.45, 7) is 2.05. The molecule has 0 spiro atoms. The summed E-state index contributed by atoms with van der Waals surface area (Å²) in [5, 5.41) is 0. The molecule has 1 aromatic rings. The molecule has 1 aliphatic heterocycles. The Morgan fingerprint density at radius 1 is 1.38 bits per heavy atom. The Labute approximate surface area is 96.1 Å². The van der Waals surface area contributed by atoms with Crippen LogP contribution in [0.2, 0.25) is 0 Å². The molecule has 1 unspecified atom stereocenters. The van der Waals surface area contributed by atoms with Gasteiger partial charge in [-0.1, -0.05) is 0 Å². The maximum atomic E-state index is 5.88. The van der Waals surface area contributed by atoms with Gasteiger partial charge in [0.1, 0.15) is 6.10 Å². The Hall–Kier alpha value is -1.36. The fourth-order valence-electron chi connectivity index (χ4n) is 1.86. The Morgan fingerprint density at radius 3 is 2.75 bits per heavy atom. The molecule has 0 bridgehead atoms. The van der Waals surface area contributed by atoms with E-state index in [2.05, 4.69) is 21.9 Å². The lowest BCUT2D eigenvalue weighted by Gasteiger charge is -2.18. The maximum Gasteiger partial charge on any atom is 0.257 e. The standard InChI is InChI=1S/C11H18N4O/c1-14(2)10-11(13-6-5-12-10)16-9-4-7-15(3)8-9/h5-6,9H,4,7-8H2,1-3H3. The largest absolute Gasteiger partial charge is 0.470 e. The minimum absolute atomic E-state index is 0.236. The van der Waals surface area contributed by atoms with E-state index in [0.717, 1.165) is 25.3 Å². The molecule has 0 saturated carbocycles. The number of likely N-dealkylation sites (N-methyl/N-ethyl adjacent to an activating group) is 1. The number of hydrogen-bond acceptors (Lipinski definition) is 5. The van der Waals surface area contributed by atoms with Crippen molar-refractivity contribution in [2.45, 2.75) is 12.5 Å². The number of ether oxygens (including phenoxy) is 1. The smallest absolute Gasteiger partial charge is 0.257 e. The van der Waals surface area contributed by atoms with Crippen LogP contribution in [-0.2, 0) is 0 Å². The lowest BCUT2D eigenvalue weighted by atomic mass is 10.3. The Bertz CT molecular complexity index is 356. The maximum absolute atomic E-state index is 5.88. The minimum atomic E-state index is 0.236. The first-order valence-electron chi connectivity index (χ1n) is 5.50. The SMILES string of the molecule is CN1CCC(Oc2nccnc2N(C)C)C1. The van der Waals surface area contributed by atoms with Gasteiger partial charge in [0.15, 0.2) is 5.82 Å². The van der Waals surface area contributed by atoms with Crippen LogP contribution in [0, 0.1) is 0 Å². The van der Waals surface area contributed by atoms with Gasteiger partial charge in [0.2, 0.25) is 0 Å². The zero-order valence-electron chi connectivity index (χ0n) is 10.1. The van der Waals surface area contributed by atoms with Crippen molar-refractivity contribution in [3.63, 3.8) is 0 Å². The molecule has 16 heavy (non-hydrogen) atoms. The summed E-state index contributed by atoms with van der Waals surface area (Å²) in [5.74, 6) is 1.42. The molecule has 5 nitrogen and oxygen atoms in total. The molecule has 1 atom stereocenters. The normalized spacial score (nSPS) is 21.1. The fourth-order valence-corrected chi connectivity index (χ4v) is 1.86. The van der Waals surface area contributed by atoms with Gasteiger partial charge in [-0.05, 0) is 13.5 Å². The van der Waals surface area contributed by atoms with E-state index in [1.807, 2.05) is 19.0 Å². The van der Waals surface area contributed by atoms with Crippen molar-refractivity contribution in [3.8, 4) is 5.88 Å². The van der Waals surface area contributed by atoms with Crippen LogP contribution in [0.4, 0.5) is 5.82 Å². The molecule has 0 N–H and O–H groups in total. The monoisotopic (exact) mass is 222 g/mol. The van der Waals surface area contributed by atoms with Gasteiger partial charge in [-0.3, -0.25) is 0 Å². The number of nitrogens with zero attached hydrogens (tertiary/aromatic N) is 4. The highest BCUT2D eigenvalue weighted by atomic mass is 16.5. The first-order valence-corrected chi connectivity index (χ1v) is 5.50. The summed E-state index contributed by atoms with van der Waals surface area (Å²) in [4.78, 5) is 12.7. The van der Waals surface area contributed by atoms with Crippen LogP contribution in [0.5, 0.6) is 5.88 Å². The highest BCUT2D eigenvalue weighted by molar-refractivity contribution is 5.46. The van der Waals surface area contributed by atoms with Gasteiger partial charge in [0.25, 0.3) is 5.88 Å². The van der Waals surface area contributed by atoms with Crippen LogP contribution in [0.1, 0.15) is 6.42 Å². The summed E-state index contributed by atoms with van der Waals surface area (Å²) in [5.41, 5.74) is 0. The summed E-state index contributed by atoms with van der Waals surface area (Å²) in [7, 11) is 5.99. The first-order chi connectivity index (χ1) is 7.66. The predicted octanol–water partition coefficient (Wildman–Crippen LogP) is 0.625. The molecule has 0 aromatic carbocycles. The third kappa shape index (κ3) is 2.41. The Morgan fingerprint density at radius 2 is 2.12 bits per heavy atom. The molecule has 1 aromatic heterocycles. The van der Waals surface area contributed by atoms with Crippen molar-refractivity contribution < 1.29 is 4.74 Å². The van der Waals surface area contributed by atoms with E-state index in [0.29, 0.717) is 5.88 Å². The molecule has 0 amide bonds. The predicted molar refractivity (Wildman–Crippen MR) is 62.9 cm³/mol. The number of hydrogen-bond donors (Lipinski definition) is 0. The van der Waals surface area contributed by atoms with Gasteiger partial charge in [-0.15, -0.1) is 0 Å². The van der Waals surface area contributed by atoms with E-state index in [9.17, 15) is 0 Å². The van der Waals surface area contributed by atoms with E-state index in [4.69, 9.17) is 4.74 Å². The van der Waals surface area contributed by atoms with Gasteiger partial charge < -0.3 is 14.5 Å². The molecule has 0 radical (unpaired) electrons. The Balaban J connectivity index is 2.09. The molecule has 1 aliphatic rings. The molecular weight excluding hydrogens is 204 g/mol. The van der Waals surface area contributed by atoms with Crippen molar-refractivity contribution in [2.75, 3.05) is 39.1 Å². The summed E-state index contributed by atoms with van der Waals surface area (Å²) in [6.07, 6.45) is 4.64. The van der Waals surface area contributed by atoms with Crippen molar-refractivity contribution in [1.29, 1.82) is 0 Å². The van der Waals surface area contributed by atoms with Gasteiger partial charge in [-0.25, -0.2) is 9.97 Å². The van der Waals surface area contributed by atoms with Crippen molar-refractivity contribution >= 4 is 5.82 Å². The zero-order valence-corrected chi connectivity index (χ0v) is 10.1. The minimum Gasteiger partial charge on any atom is -0.470 e. The van der Waals surface area contributed by atoms with E-state index in [1.54, 1.807) is 12.4 Å². The second-order valence-corrected chi connectivity index (χ2v) is 4.37. The first kappa shape index (κ1) is 11.1. The van der Waals surface area contributed by atoms with Crippen LogP contribution >= 0.6 is 0 Å². The van der Waals surface area contributed by atoms with E-state index in [-0.39, 0.29) is 6.10 Å².